The number of alkyl halides is 3. The van der Waals surface area contributed by atoms with E-state index >= 15 is 0 Å². The molecule has 0 aliphatic heterocycles. The minimum atomic E-state index is -4.33. The van der Waals surface area contributed by atoms with Crippen LogP contribution < -0.4 is 5.73 Å². The molecule has 0 aromatic carbocycles. The number of aliphatic hydroxyl groups is 1. The molecule has 0 saturated carbocycles. The Bertz CT molecular complexity index is 372. The number of pyridine rings is 1. The Balaban J connectivity index is 2.26. The number of hydrogen-bond donors (Lipinski definition) is 2. The van der Waals surface area contributed by atoms with E-state index in [0.29, 0.717) is 11.3 Å². The molecule has 0 bridgehead atoms. The lowest BCUT2D eigenvalue weighted by Crippen LogP contribution is -2.20. The maximum atomic E-state index is 11.8. The van der Waals surface area contributed by atoms with Gasteiger partial charge in [0, 0.05) is 31.1 Å². The fourth-order valence-corrected chi connectivity index (χ4v) is 1.37. The highest BCUT2D eigenvalue weighted by Gasteiger charge is 2.27. The second-order valence-corrected chi connectivity index (χ2v) is 3.89. The fraction of sp³-hybridized carbons (Fsp3) is 0.545. The van der Waals surface area contributed by atoms with Crippen LogP contribution in [0.4, 0.5) is 18.9 Å². The summed E-state index contributed by atoms with van der Waals surface area (Å²) in [7, 11) is 0. The van der Waals surface area contributed by atoms with E-state index < -0.39 is 18.9 Å². The normalized spacial score (nSPS) is 13.6. The molecular formula is C11H15F3N2O2. The quantitative estimate of drug-likeness (QED) is 0.765. The third-order valence-electron chi connectivity index (χ3n) is 2.26. The van der Waals surface area contributed by atoms with E-state index in [1.54, 1.807) is 6.07 Å². The second kappa shape index (κ2) is 6.55. The maximum Gasteiger partial charge on any atom is 0.411 e. The number of hydrogen-bond acceptors (Lipinski definition) is 4. The summed E-state index contributed by atoms with van der Waals surface area (Å²) in [4.78, 5) is 3.86. The molecule has 1 heterocycles. The van der Waals surface area contributed by atoms with Crippen molar-refractivity contribution < 1.29 is 23.0 Å². The zero-order valence-electron chi connectivity index (χ0n) is 9.65. The number of nitrogens with two attached hydrogens (primary N) is 1. The fourth-order valence-electron chi connectivity index (χ4n) is 1.37. The summed E-state index contributed by atoms with van der Waals surface area (Å²) >= 11 is 0. The van der Waals surface area contributed by atoms with Crippen LogP contribution in [-0.2, 0) is 11.2 Å². The molecule has 18 heavy (non-hydrogen) atoms. The van der Waals surface area contributed by atoms with Crippen LogP contribution in [-0.4, -0.2) is 35.6 Å². The van der Waals surface area contributed by atoms with E-state index in [2.05, 4.69) is 9.72 Å². The molecule has 1 rings (SSSR count). The monoisotopic (exact) mass is 264 g/mol. The number of halogens is 3. The van der Waals surface area contributed by atoms with E-state index in [-0.39, 0.29) is 19.4 Å². The standard InChI is InChI=1S/C11H15F3N2O2/c12-11(13,14)7-18-4-2-9(17)5-8-6-16-3-1-10(8)15/h1,3,6,9,17H,2,4-5,7H2,(H2,15,16). The molecule has 7 heteroatoms. The third kappa shape index (κ3) is 5.83. The number of rotatable bonds is 6. The number of nitrogens with zero attached hydrogens (tertiary/aromatic N) is 1. The van der Waals surface area contributed by atoms with Gasteiger partial charge in [-0.05, 0) is 18.1 Å². The second-order valence-electron chi connectivity index (χ2n) is 3.89. The highest BCUT2D eigenvalue weighted by molar-refractivity contribution is 5.44. The van der Waals surface area contributed by atoms with Gasteiger partial charge in [0.2, 0.25) is 0 Å². The minimum absolute atomic E-state index is 0.115. The Morgan fingerprint density at radius 3 is 2.78 bits per heavy atom. The van der Waals surface area contributed by atoms with Crippen molar-refractivity contribution in [1.29, 1.82) is 0 Å². The van der Waals surface area contributed by atoms with Crippen LogP contribution >= 0.6 is 0 Å². The predicted molar refractivity (Wildman–Crippen MR) is 59.9 cm³/mol. The van der Waals surface area contributed by atoms with Gasteiger partial charge in [0.25, 0.3) is 0 Å². The molecule has 3 N–H and O–H groups in total. The van der Waals surface area contributed by atoms with Crippen molar-refractivity contribution in [3.63, 3.8) is 0 Å². The molecule has 0 saturated heterocycles. The van der Waals surface area contributed by atoms with Crippen LogP contribution in [0, 0.1) is 0 Å². The van der Waals surface area contributed by atoms with Crippen LogP contribution in [0.5, 0.6) is 0 Å². The average molecular weight is 264 g/mol. The van der Waals surface area contributed by atoms with Crippen molar-refractivity contribution in [2.75, 3.05) is 18.9 Å². The van der Waals surface area contributed by atoms with Gasteiger partial charge in [-0.3, -0.25) is 4.98 Å². The first kappa shape index (κ1) is 14.7. The van der Waals surface area contributed by atoms with Crippen molar-refractivity contribution in [3.05, 3.63) is 24.0 Å². The molecule has 1 unspecified atom stereocenters. The molecule has 1 atom stereocenters. The lowest BCUT2D eigenvalue weighted by molar-refractivity contribution is -0.175. The molecule has 0 spiro atoms. The molecule has 102 valence electrons. The zero-order valence-corrected chi connectivity index (χ0v) is 9.65. The summed E-state index contributed by atoms with van der Waals surface area (Å²) in [5.41, 5.74) is 6.82. The Labute approximate surface area is 103 Å². The largest absolute Gasteiger partial charge is 0.411 e. The number of nitrogen functional groups attached to an aromatic ring is 1. The van der Waals surface area contributed by atoms with Gasteiger partial charge in [-0.15, -0.1) is 0 Å². The lowest BCUT2D eigenvalue weighted by atomic mass is 10.1. The summed E-state index contributed by atoms with van der Waals surface area (Å²) in [5, 5.41) is 9.61. The van der Waals surface area contributed by atoms with Crippen LogP contribution in [0.2, 0.25) is 0 Å². The Hall–Kier alpha value is -1.34. The van der Waals surface area contributed by atoms with Gasteiger partial charge in [0.1, 0.15) is 6.61 Å². The van der Waals surface area contributed by atoms with Crippen LogP contribution in [0.1, 0.15) is 12.0 Å². The summed E-state index contributed by atoms with van der Waals surface area (Å²) in [6.07, 6.45) is -1.73. The summed E-state index contributed by atoms with van der Waals surface area (Å²) in [6, 6.07) is 1.60. The first-order valence-electron chi connectivity index (χ1n) is 5.39. The maximum absolute atomic E-state index is 11.8. The molecule has 1 aromatic heterocycles. The molecule has 0 aliphatic carbocycles. The van der Waals surface area contributed by atoms with Gasteiger partial charge < -0.3 is 15.6 Å². The van der Waals surface area contributed by atoms with Crippen LogP contribution in [0.3, 0.4) is 0 Å². The highest BCUT2D eigenvalue weighted by Crippen LogP contribution is 2.15. The van der Waals surface area contributed by atoms with E-state index in [1.807, 2.05) is 0 Å². The average Bonchev–Trinajstić information content (AvgIpc) is 2.26. The van der Waals surface area contributed by atoms with Crippen molar-refractivity contribution in [2.24, 2.45) is 0 Å². The SMILES string of the molecule is Nc1ccncc1CC(O)CCOCC(F)(F)F. The number of ether oxygens (including phenoxy) is 1. The third-order valence-corrected chi connectivity index (χ3v) is 2.26. The first-order chi connectivity index (χ1) is 8.38. The van der Waals surface area contributed by atoms with Crippen LogP contribution in [0.15, 0.2) is 18.5 Å². The van der Waals surface area contributed by atoms with Crippen molar-refractivity contribution in [2.45, 2.75) is 25.1 Å². The van der Waals surface area contributed by atoms with E-state index in [9.17, 15) is 18.3 Å². The molecule has 0 fully saturated rings. The summed E-state index contributed by atoms with van der Waals surface area (Å²) in [6.45, 7) is -1.45. The Morgan fingerprint density at radius 1 is 1.44 bits per heavy atom. The molecule has 0 aliphatic rings. The zero-order chi connectivity index (χ0) is 13.6. The summed E-state index contributed by atoms with van der Waals surface area (Å²) < 4.78 is 39.7. The van der Waals surface area contributed by atoms with Crippen molar-refractivity contribution in [1.82, 2.24) is 4.98 Å². The Kier molecular flexibility index (Phi) is 5.36. The molecule has 1 aromatic rings. The molecule has 0 radical (unpaired) electrons. The number of anilines is 1. The predicted octanol–water partition coefficient (Wildman–Crippen LogP) is 1.54. The topological polar surface area (TPSA) is 68.4 Å². The molecule has 0 amide bonds. The van der Waals surface area contributed by atoms with Gasteiger partial charge in [0.05, 0.1) is 6.10 Å². The van der Waals surface area contributed by atoms with Gasteiger partial charge >= 0.3 is 6.18 Å². The first-order valence-corrected chi connectivity index (χ1v) is 5.39. The Morgan fingerprint density at radius 2 is 2.17 bits per heavy atom. The number of aliphatic hydroxyl groups excluding tert-OH is 1. The van der Waals surface area contributed by atoms with E-state index in [4.69, 9.17) is 5.73 Å². The van der Waals surface area contributed by atoms with Gasteiger partial charge in [-0.2, -0.15) is 13.2 Å². The smallest absolute Gasteiger partial charge is 0.398 e. The van der Waals surface area contributed by atoms with Crippen molar-refractivity contribution in [3.8, 4) is 0 Å². The van der Waals surface area contributed by atoms with Crippen LogP contribution in [0.25, 0.3) is 0 Å². The molecule has 4 nitrogen and oxygen atoms in total. The van der Waals surface area contributed by atoms with Gasteiger partial charge in [0.15, 0.2) is 0 Å². The van der Waals surface area contributed by atoms with E-state index in [0.717, 1.165) is 0 Å². The molecular weight excluding hydrogens is 249 g/mol. The van der Waals surface area contributed by atoms with E-state index in [1.165, 1.54) is 12.4 Å². The van der Waals surface area contributed by atoms with Gasteiger partial charge in [-0.1, -0.05) is 0 Å². The summed E-state index contributed by atoms with van der Waals surface area (Å²) in [5.74, 6) is 0. The minimum Gasteiger partial charge on any atom is -0.398 e. The number of aromatic nitrogens is 1. The lowest BCUT2D eigenvalue weighted by Gasteiger charge is -2.12. The highest BCUT2D eigenvalue weighted by atomic mass is 19.4. The van der Waals surface area contributed by atoms with Gasteiger partial charge in [-0.25, -0.2) is 0 Å². The van der Waals surface area contributed by atoms with Crippen molar-refractivity contribution >= 4 is 5.69 Å².